The Morgan fingerprint density at radius 3 is 2.36 bits per heavy atom. The lowest BCUT2D eigenvalue weighted by atomic mass is 9.90. The second-order valence-corrected chi connectivity index (χ2v) is 3.19. The number of carbonyl (C=O) groups is 3. The zero-order chi connectivity index (χ0) is 10.7. The smallest absolute Gasteiger partial charge is 0.309 e. The van der Waals surface area contributed by atoms with E-state index in [4.69, 9.17) is 10.2 Å². The highest BCUT2D eigenvalue weighted by Crippen LogP contribution is 2.27. The summed E-state index contributed by atoms with van der Waals surface area (Å²) in [6.45, 7) is 0.00306. The summed E-state index contributed by atoms with van der Waals surface area (Å²) < 4.78 is 4.61. The number of hydrogen-bond acceptors (Lipinski definition) is 4. The minimum Gasteiger partial charge on any atom is -0.481 e. The molecule has 0 amide bonds. The van der Waals surface area contributed by atoms with Crippen molar-refractivity contribution in [3.8, 4) is 0 Å². The molecule has 1 rings (SSSR count). The summed E-state index contributed by atoms with van der Waals surface area (Å²) in [5.41, 5.74) is 0. The molecule has 0 aromatic rings. The summed E-state index contributed by atoms with van der Waals surface area (Å²) in [6, 6.07) is 0. The van der Waals surface area contributed by atoms with Gasteiger partial charge < -0.3 is 14.9 Å². The molecule has 1 fully saturated rings. The van der Waals surface area contributed by atoms with Crippen molar-refractivity contribution in [2.75, 3.05) is 6.61 Å². The van der Waals surface area contributed by atoms with Gasteiger partial charge in [0.25, 0.3) is 0 Å². The van der Waals surface area contributed by atoms with E-state index in [1.54, 1.807) is 0 Å². The van der Waals surface area contributed by atoms with E-state index >= 15 is 0 Å². The van der Waals surface area contributed by atoms with Gasteiger partial charge in [0.1, 0.15) is 0 Å². The molecule has 6 heteroatoms. The Morgan fingerprint density at radius 1 is 1.29 bits per heavy atom. The van der Waals surface area contributed by atoms with E-state index < -0.39 is 29.7 Å². The third kappa shape index (κ3) is 2.45. The normalized spacial score (nSPS) is 25.9. The molecule has 0 spiro atoms. The summed E-state index contributed by atoms with van der Waals surface area (Å²) in [5.74, 6) is -4.12. The number of hydrogen-bond donors (Lipinski definition) is 2. The van der Waals surface area contributed by atoms with Gasteiger partial charge in [-0.05, 0) is 0 Å². The van der Waals surface area contributed by atoms with Gasteiger partial charge in [-0.15, -0.1) is 0 Å². The second-order valence-electron chi connectivity index (χ2n) is 3.19. The number of carboxylic acids is 2. The van der Waals surface area contributed by atoms with E-state index in [0.29, 0.717) is 0 Å². The first kappa shape index (κ1) is 10.5. The Labute approximate surface area is 79.5 Å². The SMILES string of the molecule is O=C(O)CC1COC(=O)C1CC(=O)O. The number of cyclic esters (lactones) is 1. The van der Waals surface area contributed by atoms with Gasteiger partial charge in [0.05, 0.1) is 25.4 Å². The maximum absolute atomic E-state index is 11.0. The molecule has 78 valence electrons. The summed E-state index contributed by atoms with van der Waals surface area (Å²) in [7, 11) is 0. The fourth-order valence-electron chi connectivity index (χ4n) is 1.47. The molecule has 0 saturated carbocycles. The quantitative estimate of drug-likeness (QED) is 0.608. The Bertz CT molecular complexity index is 271. The first-order chi connectivity index (χ1) is 6.50. The van der Waals surface area contributed by atoms with Gasteiger partial charge in [-0.2, -0.15) is 0 Å². The van der Waals surface area contributed by atoms with Crippen LogP contribution in [0.3, 0.4) is 0 Å². The highest BCUT2D eigenvalue weighted by Gasteiger charge is 2.39. The van der Waals surface area contributed by atoms with Gasteiger partial charge in [-0.1, -0.05) is 0 Å². The van der Waals surface area contributed by atoms with Gasteiger partial charge in [-0.3, -0.25) is 14.4 Å². The number of carbonyl (C=O) groups excluding carboxylic acids is 1. The number of esters is 1. The molecule has 0 aliphatic carbocycles. The van der Waals surface area contributed by atoms with Crippen molar-refractivity contribution in [3.63, 3.8) is 0 Å². The lowest BCUT2D eigenvalue weighted by Gasteiger charge is -2.09. The predicted molar refractivity (Wildman–Crippen MR) is 42.4 cm³/mol. The van der Waals surface area contributed by atoms with Crippen LogP contribution in [-0.4, -0.2) is 34.7 Å². The molecule has 0 aromatic heterocycles. The van der Waals surface area contributed by atoms with Crippen molar-refractivity contribution in [1.29, 1.82) is 0 Å². The van der Waals surface area contributed by atoms with Crippen molar-refractivity contribution in [2.24, 2.45) is 11.8 Å². The summed E-state index contributed by atoms with van der Waals surface area (Å²) >= 11 is 0. The first-order valence-corrected chi connectivity index (χ1v) is 4.11. The molecule has 2 N–H and O–H groups in total. The first-order valence-electron chi connectivity index (χ1n) is 4.11. The fraction of sp³-hybridized carbons (Fsp3) is 0.625. The van der Waals surface area contributed by atoms with Crippen LogP contribution in [0, 0.1) is 11.8 Å². The summed E-state index contributed by atoms with van der Waals surface area (Å²) in [6.07, 6.45) is -0.597. The van der Waals surface area contributed by atoms with Crippen molar-refractivity contribution in [3.05, 3.63) is 0 Å². The van der Waals surface area contributed by atoms with Crippen LogP contribution in [0.5, 0.6) is 0 Å². The monoisotopic (exact) mass is 202 g/mol. The molecule has 6 nitrogen and oxygen atoms in total. The van der Waals surface area contributed by atoms with Crippen LogP contribution >= 0.6 is 0 Å². The molecule has 0 bridgehead atoms. The minimum atomic E-state index is -1.12. The van der Waals surface area contributed by atoms with E-state index in [1.807, 2.05) is 0 Å². The van der Waals surface area contributed by atoms with Crippen LogP contribution in [0.15, 0.2) is 0 Å². The molecule has 2 unspecified atom stereocenters. The van der Waals surface area contributed by atoms with Crippen LogP contribution in [-0.2, 0) is 19.1 Å². The van der Waals surface area contributed by atoms with Gasteiger partial charge in [0.15, 0.2) is 0 Å². The molecule has 14 heavy (non-hydrogen) atoms. The van der Waals surface area contributed by atoms with Gasteiger partial charge >= 0.3 is 17.9 Å². The standard InChI is InChI=1S/C8H10O6/c9-6(10)1-4-3-14-8(13)5(4)2-7(11)12/h4-5H,1-3H2,(H,9,10)(H,11,12). The van der Waals surface area contributed by atoms with Gasteiger partial charge in [0.2, 0.25) is 0 Å². The van der Waals surface area contributed by atoms with Crippen molar-refractivity contribution >= 4 is 17.9 Å². The fourth-order valence-corrected chi connectivity index (χ4v) is 1.47. The third-order valence-corrected chi connectivity index (χ3v) is 2.14. The largest absolute Gasteiger partial charge is 0.481 e. The van der Waals surface area contributed by atoms with E-state index in [2.05, 4.69) is 4.74 Å². The summed E-state index contributed by atoms with van der Waals surface area (Å²) in [4.78, 5) is 31.8. The zero-order valence-corrected chi connectivity index (χ0v) is 7.30. The van der Waals surface area contributed by atoms with E-state index in [1.165, 1.54) is 0 Å². The van der Waals surface area contributed by atoms with Crippen LogP contribution in [0.2, 0.25) is 0 Å². The van der Waals surface area contributed by atoms with E-state index in [-0.39, 0.29) is 19.4 Å². The Morgan fingerprint density at radius 2 is 1.86 bits per heavy atom. The van der Waals surface area contributed by atoms with Crippen molar-refractivity contribution in [2.45, 2.75) is 12.8 Å². The molecule has 1 aliphatic heterocycles. The zero-order valence-electron chi connectivity index (χ0n) is 7.30. The Kier molecular flexibility index (Phi) is 3.06. The van der Waals surface area contributed by atoms with Crippen LogP contribution in [0.4, 0.5) is 0 Å². The number of ether oxygens (including phenoxy) is 1. The number of aliphatic carboxylic acids is 2. The lowest BCUT2D eigenvalue weighted by Crippen LogP contribution is -2.21. The Balaban J connectivity index is 2.61. The highest BCUT2D eigenvalue weighted by molar-refractivity contribution is 5.81. The third-order valence-electron chi connectivity index (χ3n) is 2.14. The van der Waals surface area contributed by atoms with E-state index in [0.717, 1.165) is 0 Å². The van der Waals surface area contributed by atoms with Crippen LogP contribution in [0.25, 0.3) is 0 Å². The van der Waals surface area contributed by atoms with E-state index in [9.17, 15) is 14.4 Å². The molecule has 0 radical (unpaired) electrons. The highest BCUT2D eigenvalue weighted by atomic mass is 16.5. The molecule has 1 aliphatic rings. The van der Waals surface area contributed by atoms with Crippen LogP contribution < -0.4 is 0 Å². The molecule has 1 saturated heterocycles. The number of carboxylic acid groups (broad SMARTS) is 2. The maximum Gasteiger partial charge on any atom is 0.309 e. The molecule has 2 atom stereocenters. The maximum atomic E-state index is 11.0. The molecular weight excluding hydrogens is 192 g/mol. The molecule has 1 heterocycles. The second kappa shape index (κ2) is 4.08. The average Bonchev–Trinajstić information content (AvgIpc) is 2.34. The molecular formula is C8H10O6. The Hall–Kier alpha value is -1.59. The van der Waals surface area contributed by atoms with Gasteiger partial charge in [0, 0.05) is 5.92 Å². The summed E-state index contributed by atoms with van der Waals surface area (Å²) in [5, 5.41) is 17.0. The predicted octanol–water partition coefficient (Wildman–Crippen LogP) is -0.275. The minimum absolute atomic E-state index is 0.00306. The van der Waals surface area contributed by atoms with Crippen LogP contribution in [0.1, 0.15) is 12.8 Å². The van der Waals surface area contributed by atoms with Gasteiger partial charge in [-0.25, -0.2) is 0 Å². The average molecular weight is 202 g/mol. The van der Waals surface area contributed by atoms with Crippen molar-refractivity contribution in [1.82, 2.24) is 0 Å². The lowest BCUT2D eigenvalue weighted by molar-refractivity contribution is -0.147. The molecule has 0 aromatic carbocycles. The number of rotatable bonds is 4. The van der Waals surface area contributed by atoms with Crippen molar-refractivity contribution < 1.29 is 29.3 Å². The topological polar surface area (TPSA) is 101 Å².